The standard InChI is InChI=1S/C22H17F3N4O3/c23-22(24,25)11-4-3-5-12(10-11)29-20(31)16(19(30)28-21(29)32)18-17-14(8-9-26-18)13-6-1-2-7-15(13)27-17/h1-7,10,18,26-27,31H,8-9H2,(H,28,30,32)/p+1/t18-/m0/s1. The second-order valence-corrected chi connectivity index (χ2v) is 7.69. The number of para-hydroxylation sites is 1. The molecule has 0 saturated heterocycles. The number of H-pyrrole nitrogens is 2. The summed E-state index contributed by atoms with van der Waals surface area (Å²) in [7, 11) is 0. The smallest absolute Gasteiger partial charge is 0.416 e. The van der Waals surface area contributed by atoms with E-state index in [4.69, 9.17) is 0 Å². The van der Waals surface area contributed by atoms with Crippen LogP contribution in [0.1, 0.15) is 28.4 Å². The molecule has 2 aromatic heterocycles. The summed E-state index contributed by atoms with van der Waals surface area (Å²) < 4.78 is 40.2. The number of aromatic amines is 2. The Bertz CT molecular complexity index is 1470. The second kappa shape index (κ2) is 7.13. The van der Waals surface area contributed by atoms with Gasteiger partial charge in [-0.2, -0.15) is 13.2 Å². The number of benzene rings is 2. The summed E-state index contributed by atoms with van der Waals surface area (Å²) in [6, 6.07) is 11.0. The van der Waals surface area contributed by atoms with Gasteiger partial charge < -0.3 is 15.4 Å². The SMILES string of the molecule is O=c1[nH]c(=O)n(-c2cccc(C(F)(F)F)c2)c(O)c1[C@@H]1[NH2+]CCc2c1[nH]c1ccccc21. The molecule has 0 radical (unpaired) electrons. The summed E-state index contributed by atoms with van der Waals surface area (Å²) in [4.78, 5) is 30.7. The average molecular weight is 443 g/mol. The van der Waals surface area contributed by atoms with Gasteiger partial charge in [-0.3, -0.25) is 9.78 Å². The summed E-state index contributed by atoms with van der Waals surface area (Å²) in [6.07, 6.45) is -3.89. The second-order valence-electron chi connectivity index (χ2n) is 7.69. The van der Waals surface area contributed by atoms with Gasteiger partial charge in [-0.05, 0) is 29.8 Å². The number of aromatic nitrogens is 3. The number of fused-ring (bicyclic) bond motifs is 3. The van der Waals surface area contributed by atoms with Crippen molar-refractivity contribution in [3.8, 4) is 11.6 Å². The fraction of sp³-hybridized carbons (Fsp3) is 0.182. The van der Waals surface area contributed by atoms with Gasteiger partial charge >= 0.3 is 11.9 Å². The summed E-state index contributed by atoms with van der Waals surface area (Å²) in [5, 5.41) is 13.8. The molecular formula is C22H18F3N4O3+. The number of aromatic hydroxyl groups is 1. The van der Waals surface area contributed by atoms with Crippen molar-refractivity contribution in [3.63, 3.8) is 0 Å². The maximum Gasteiger partial charge on any atom is 0.416 e. The van der Waals surface area contributed by atoms with Gasteiger partial charge in [0.1, 0.15) is 5.56 Å². The summed E-state index contributed by atoms with van der Waals surface area (Å²) >= 11 is 0. The number of halogens is 3. The number of alkyl halides is 3. The van der Waals surface area contributed by atoms with E-state index in [1.165, 1.54) is 6.07 Å². The molecule has 0 bridgehead atoms. The minimum absolute atomic E-state index is 0.102. The first-order chi connectivity index (χ1) is 15.3. The lowest BCUT2D eigenvalue weighted by Gasteiger charge is -2.22. The fourth-order valence-corrected chi connectivity index (χ4v) is 4.41. The number of nitrogens with one attached hydrogen (secondary N) is 2. The zero-order valence-corrected chi connectivity index (χ0v) is 16.5. The number of nitrogens with two attached hydrogens (primary N) is 1. The number of hydrogen-bond donors (Lipinski definition) is 4. The van der Waals surface area contributed by atoms with E-state index in [0.717, 1.165) is 41.1 Å². The Balaban J connectivity index is 1.72. The quantitative estimate of drug-likeness (QED) is 0.380. The molecule has 10 heteroatoms. The van der Waals surface area contributed by atoms with Crippen LogP contribution in [0.25, 0.3) is 16.6 Å². The Morgan fingerprint density at radius 2 is 1.84 bits per heavy atom. The summed E-state index contributed by atoms with van der Waals surface area (Å²) in [6.45, 7) is 0.626. The van der Waals surface area contributed by atoms with E-state index < -0.39 is 34.9 Å². The fourth-order valence-electron chi connectivity index (χ4n) is 4.41. The van der Waals surface area contributed by atoms with Crippen molar-refractivity contribution in [2.24, 2.45) is 0 Å². The lowest BCUT2D eigenvalue weighted by Crippen LogP contribution is -2.87. The highest BCUT2D eigenvalue weighted by molar-refractivity contribution is 5.85. The molecule has 5 rings (SSSR count). The molecule has 0 aliphatic carbocycles. The zero-order valence-electron chi connectivity index (χ0n) is 16.5. The van der Waals surface area contributed by atoms with Crippen molar-refractivity contribution < 1.29 is 23.6 Å². The molecule has 2 aromatic carbocycles. The largest absolute Gasteiger partial charge is 0.494 e. The van der Waals surface area contributed by atoms with E-state index in [1.807, 2.05) is 29.6 Å². The van der Waals surface area contributed by atoms with Crippen LogP contribution in [0.15, 0.2) is 58.1 Å². The highest BCUT2D eigenvalue weighted by atomic mass is 19.4. The number of nitrogens with zero attached hydrogens (tertiary/aromatic N) is 1. The molecule has 1 atom stereocenters. The van der Waals surface area contributed by atoms with E-state index >= 15 is 0 Å². The predicted molar refractivity (Wildman–Crippen MR) is 110 cm³/mol. The van der Waals surface area contributed by atoms with Crippen LogP contribution in [0.5, 0.6) is 5.88 Å². The number of quaternary nitrogens is 1. The van der Waals surface area contributed by atoms with Crippen LogP contribution < -0.4 is 16.6 Å². The Labute approximate surface area is 178 Å². The minimum Gasteiger partial charge on any atom is -0.494 e. The van der Waals surface area contributed by atoms with Gasteiger partial charge in [0.05, 0.1) is 23.5 Å². The third-order valence-corrected chi connectivity index (χ3v) is 5.82. The van der Waals surface area contributed by atoms with Crippen molar-refractivity contribution in [3.05, 3.63) is 91.8 Å². The third kappa shape index (κ3) is 3.11. The summed E-state index contributed by atoms with van der Waals surface area (Å²) in [5.74, 6) is -0.689. The van der Waals surface area contributed by atoms with E-state index in [-0.39, 0.29) is 11.3 Å². The minimum atomic E-state index is -4.63. The molecule has 5 N–H and O–H groups in total. The first-order valence-electron chi connectivity index (χ1n) is 9.94. The van der Waals surface area contributed by atoms with Crippen molar-refractivity contribution in [2.75, 3.05) is 6.54 Å². The molecular weight excluding hydrogens is 425 g/mol. The Hall–Kier alpha value is -3.79. The molecule has 4 aromatic rings. The summed E-state index contributed by atoms with van der Waals surface area (Å²) in [5.41, 5.74) is -0.499. The number of hydrogen-bond acceptors (Lipinski definition) is 3. The zero-order chi connectivity index (χ0) is 22.6. The van der Waals surface area contributed by atoms with Gasteiger partial charge in [-0.15, -0.1) is 0 Å². The maximum absolute atomic E-state index is 13.2. The van der Waals surface area contributed by atoms with Gasteiger partial charge in [0, 0.05) is 17.3 Å². The van der Waals surface area contributed by atoms with Gasteiger partial charge in [-0.25, -0.2) is 9.36 Å². The van der Waals surface area contributed by atoms with Crippen molar-refractivity contribution in [1.82, 2.24) is 14.5 Å². The molecule has 0 fully saturated rings. The molecule has 1 aliphatic heterocycles. The van der Waals surface area contributed by atoms with Crippen LogP contribution in [0.4, 0.5) is 13.2 Å². The molecule has 164 valence electrons. The molecule has 32 heavy (non-hydrogen) atoms. The predicted octanol–water partition coefficient (Wildman–Crippen LogP) is 1.94. The van der Waals surface area contributed by atoms with E-state index in [2.05, 4.69) is 9.97 Å². The first kappa shape index (κ1) is 20.1. The third-order valence-electron chi connectivity index (χ3n) is 5.82. The van der Waals surface area contributed by atoms with Gasteiger partial charge in [0.15, 0.2) is 6.04 Å². The topological polar surface area (TPSA) is 107 Å². The molecule has 3 heterocycles. The van der Waals surface area contributed by atoms with Crippen LogP contribution in [0.2, 0.25) is 0 Å². The van der Waals surface area contributed by atoms with E-state index in [0.29, 0.717) is 16.8 Å². The number of rotatable bonds is 2. The van der Waals surface area contributed by atoms with Crippen LogP contribution in [-0.2, 0) is 12.6 Å². The lowest BCUT2D eigenvalue weighted by molar-refractivity contribution is -0.690. The Morgan fingerprint density at radius 3 is 2.62 bits per heavy atom. The molecule has 1 aliphatic rings. The van der Waals surface area contributed by atoms with Crippen molar-refractivity contribution in [1.29, 1.82) is 0 Å². The maximum atomic E-state index is 13.2. The van der Waals surface area contributed by atoms with Crippen LogP contribution in [0.3, 0.4) is 0 Å². The van der Waals surface area contributed by atoms with Gasteiger partial charge in [0.25, 0.3) is 5.56 Å². The molecule has 7 nitrogen and oxygen atoms in total. The Kier molecular flexibility index (Phi) is 4.48. The van der Waals surface area contributed by atoms with Crippen molar-refractivity contribution in [2.45, 2.75) is 18.6 Å². The van der Waals surface area contributed by atoms with E-state index in [9.17, 15) is 27.9 Å². The highest BCUT2D eigenvalue weighted by Crippen LogP contribution is 2.34. The molecule has 0 amide bonds. The van der Waals surface area contributed by atoms with Crippen molar-refractivity contribution >= 4 is 10.9 Å². The lowest BCUT2D eigenvalue weighted by atomic mass is 9.95. The van der Waals surface area contributed by atoms with Crippen LogP contribution >= 0.6 is 0 Å². The van der Waals surface area contributed by atoms with Gasteiger partial charge in [0.2, 0.25) is 5.88 Å². The van der Waals surface area contributed by atoms with Crippen LogP contribution in [-0.4, -0.2) is 26.2 Å². The molecule has 0 spiro atoms. The van der Waals surface area contributed by atoms with E-state index in [1.54, 1.807) is 0 Å². The molecule has 0 saturated carbocycles. The molecule has 0 unspecified atom stereocenters. The van der Waals surface area contributed by atoms with Crippen LogP contribution in [0, 0.1) is 0 Å². The normalized spacial score (nSPS) is 16.3. The van der Waals surface area contributed by atoms with Gasteiger partial charge in [-0.1, -0.05) is 24.3 Å². The average Bonchev–Trinajstić information content (AvgIpc) is 3.13. The monoisotopic (exact) mass is 443 g/mol. The Morgan fingerprint density at radius 1 is 1.06 bits per heavy atom. The first-order valence-corrected chi connectivity index (χ1v) is 9.94. The highest BCUT2D eigenvalue weighted by Gasteiger charge is 2.35.